The topological polar surface area (TPSA) is 96.5 Å². The molecule has 1 aromatic carbocycles. The van der Waals surface area contributed by atoms with Crippen LogP contribution in [0.4, 0.5) is 11.5 Å². The Labute approximate surface area is 137 Å². The molecule has 1 aromatic heterocycles. The van der Waals surface area contributed by atoms with Gasteiger partial charge < -0.3 is 0 Å². The lowest BCUT2D eigenvalue weighted by molar-refractivity contribution is 0.694. The van der Waals surface area contributed by atoms with Crippen molar-refractivity contribution in [2.45, 2.75) is 12.8 Å². The van der Waals surface area contributed by atoms with Gasteiger partial charge >= 0.3 is 16.9 Å². The van der Waals surface area contributed by atoms with Crippen LogP contribution in [0.3, 0.4) is 0 Å². The van der Waals surface area contributed by atoms with Gasteiger partial charge in [-0.2, -0.15) is 5.10 Å². The van der Waals surface area contributed by atoms with Crippen molar-refractivity contribution >= 4 is 17.2 Å². The highest BCUT2D eigenvalue weighted by Gasteiger charge is 2.30. The fourth-order valence-electron chi connectivity index (χ4n) is 2.51. The predicted octanol–water partition coefficient (Wildman–Crippen LogP) is 1.79. The SMILES string of the molecule is Cn1c(NN=C(c2ccccc2)C2CC2)c([N+]#N)c(=O)n(C)c1=O. The molecule has 0 radical (unpaired) electrons. The molecule has 1 aliphatic carbocycles. The summed E-state index contributed by atoms with van der Waals surface area (Å²) in [5.74, 6) is 0.401. The van der Waals surface area contributed by atoms with Gasteiger partial charge in [0.15, 0.2) is 4.98 Å². The van der Waals surface area contributed by atoms with Crippen LogP contribution >= 0.6 is 0 Å². The van der Waals surface area contributed by atoms with Crippen LogP contribution in [-0.4, -0.2) is 14.8 Å². The fraction of sp³-hybridized carbons (Fsp3) is 0.312. The second-order valence-electron chi connectivity index (χ2n) is 5.75. The van der Waals surface area contributed by atoms with Crippen molar-refractivity contribution in [3.63, 3.8) is 0 Å². The molecule has 1 heterocycles. The first kappa shape index (κ1) is 15.7. The number of nitrogens with one attached hydrogen (secondary N) is 1. The Kier molecular flexibility index (Phi) is 4.00. The average Bonchev–Trinajstić information content (AvgIpc) is 3.43. The Bertz CT molecular complexity index is 961. The summed E-state index contributed by atoms with van der Waals surface area (Å²) in [5, 5.41) is 13.5. The van der Waals surface area contributed by atoms with Gasteiger partial charge in [0.1, 0.15) is 0 Å². The summed E-state index contributed by atoms with van der Waals surface area (Å²) in [6.07, 6.45) is 2.09. The standard InChI is InChI=1S/C16H16N6O2/c1-21-14(13(18-17)15(23)22(2)16(21)24)20-19-12(11-8-9-11)10-6-4-3-5-7-10/h3-7,11H,8-9H2,1-2H3/p+1. The van der Waals surface area contributed by atoms with E-state index < -0.39 is 11.2 Å². The minimum absolute atomic E-state index is 0.0553. The molecular weight excluding hydrogens is 308 g/mol. The van der Waals surface area contributed by atoms with Gasteiger partial charge in [-0.1, -0.05) is 30.3 Å². The first-order valence-corrected chi connectivity index (χ1v) is 7.58. The molecule has 1 N–H and O–H groups in total. The molecule has 24 heavy (non-hydrogen) atoms. The molecule has 8 heteroatoms. The lowest BCUT2D eigenvalue weighted by Gasteiger charge is -2.09. The third kappa shape index (κ3) is 2.72. The lowest BCUT2D eigenvalue weighted by Crippen LogP contribution is -2.37. The van der Waals surface area contributed by atoms with Crippen LogP contribution in [0.1, 0.15) is 18.4 Å². The molecular formula is C16H17N6O2+. The van der Waals surface area contributed by atoms with Crippen molar-refractivity contribution in [1.82, 2.24) is 9.13 Å². The molecule has 0 amide bonds. The lowest BCUT2D eigenvalue weighted by atomic mass is 10.1. The maximum atomic E-state index is 12.1. The number of anilines is 1. The third-order valence-corrected chi connectivity index (χ3v) is 4.06. The second-order valence-corrected chi connectivity index (χ2v) is 5.75. The number of diazo groups is 1. The second kappa shape index (κ2) is 6.12. The van der Waals surface area contributed by atoms with Crippen molar-refractivity contribution in [2.75, 3.05) is 5.43 Å². The molecule has 0 bridgehead atoms. The molecule has 1 fully saturated rings. The number of hydrazone groups is 1. The number of aromatic nitrogens is 2. The van der Waals surface area contributed by atoms with Crippen LogP contribution in [0.25, 0.3) is 4.98 Å². The molecule has 0 aliphatic heterocycles. The van der Waals surface area contributed by atoms with Gasteiger partial charge in [0.25, 0.3) is 0 Å². The largest absolute Gasteiger partial charge is 0.491 e. The van der Waals surface area contributed by atoms with Crippen LogP contribution in [0.15, 0.2) is 45.0 Å². The van der Waals surface area contributed by atoms with Gasteiger partial charge in [0.05, 0.1) is 5.71 Å². The monoisotopic (exact) mass is 325 g/mol. The van der Waals surface area contributed by atoms with E-state index in [1.165, 1.54) is 18.7 Å². The molecule has 0 atom stereocenters. The fourth-order valence-corrected chi connectivity index (χ4v) is 2.51. The Hall–Kier alpha value is -3.21. The summed E-state index contributed by atoms with van der Waals surface area (Å²) in [4.78, 5) is 27.1. The number of rotatable bonds is 4. The minimum atomic E-state index is -0.689. The highest BCUT2D eigenvalue weighted by Crippen LogP contribution is 2.33. The molecule has 3 rings (SSSR count). The summed E-state index contributed by atoms with van der Waals surface area (Å²) in [5.41, 5.74) is 3.10. The Morgan fingerprint density at radius 3 is 2.46 bits per heavy atom. The Morgan fingerprint density at radius 2 is 1.88 bits per heavy atom. The molecule has 2 aromatic rings. The molecule has 8 nitrogen and oxygen atoms in total. The molecule has 1 aliphatic rings. The molecule has 0 saturated heterocycles. The Morgan fingerprint density at radius 1 is 1.21 bits per heavy atom. The molecule has 122 valence electrons. The van der Waals surface area contributed by atoms with Crippen molar-refractivity contribution in [2.24, 2.45) is 25.1 Å². The Balaban J connectivity index is 2.07. The van der Waals surface area contributed by atoms with E-state index in [-0.39, 0.29) is 11.5 Å². The van der Waals surface area contributed by atoms with Crippen LogP contribution < -0.4 is 16.7 Å². The average molecular weight is 325 g/mol. The van der Waals surface area contributed by atoms with Crippen LogP contribution in [0.5, 0.6) is 0 Å². The smallest absolute Gasteiger partial charge is 0.275 e. The summed E-state index contributed by atoms with van der Waals surface area (Å²) < 4.78 is 2.07. The van der Waals surface area contributed by atoms with E-state index in [1.807, 2.05) is 30.3 Å². The maximum absolute atomic E-state index is 12.1. The van der Waals surface area contributed by atoms with Gasteiger partial charge in [-0.25, -0.2) is 4.79 Å². The highest BCUT2D eigenvalue weighted by atomic mass is 16.2. The zero-order chi connectivity index (χ0) is 17.3. The van der Waals surface area contributed by atoms with E-state index in [4.69, 9.17) is 5.39 Å². The van der Waals surface area contributed by atoms with Crippen molar-refractivity contribution in [3.8, 4) is 0 Å². The van der Waals surface area contributed by atoms with E-state index in [9.17, 15) is 9.59 Å². The first-order chi connectivity index (χ1) is 11.5. The van der Waals surface area contributed by atoms with Gasteiger partial charge in [-0.3, -0.25) is 19.4 Å². The van der Waals surface area contributed by atoms with Gasteiger partial charge in [-0.05, 0) is 18.4 Å². The third-order valence-electron chi connectivity index (χ3n) is 4.06. The molecule has 0 spiro atoms. The first-order valence-electron chi connectivity index (χ1n) is 7.58. The number of nitrogens with zero attached hydrogens (tertiary/aromatic N) is 5. The predicted molar refractivity (Wildman–Crippen MR) is 91.0 cm³/mol. The van der Waals surface area contributed by atoms with E-state index in [2.05, 4.69) is 15.5 Å². The quantitative estimate of drug-likeness (QED) is 0.526. The van der Waals surface area contributed by atoms with Crippen molar-refractivity contribution in [1.29, 1.82) is 5.39 Å². The highest BCUT2D eigenvalue weighted by molar-refractivity contribution is 6.04. The van der Waals surface area contributed by atoms with Crippen LogP contribution in [0, 0.1) is 11.3 Å². The maximum Gasteiger partial charge on any atom is 0.491 e. The van der Waals surface area contributed by atoms with E-state index in [1.54, 1.807) is 0 Å². The molecule has 1 saturated carbocycles. The van der Waals surface area contributed by atoms with Crippen LogP contribution in [-0.2, 0) is 14.1 Å². The summed E-state index contributed by atoms with van der Waals surface area (Å²) >= 11 is 0. The van der Waals surface area contributed by atoms with Gasteiger partial charge in [0.2, 0.25) is 11.2 Å². The van der Waals surface area contributed by atoms with E-state index in [0.29, 0.717) is 5.92 Å². The van der Waals surface area contributed by atoms with Gasteiger partial charge in [0, 0.05) is 20.0 Å². The van der Waals surface area contributed by atoms with Gasteiger partial charge in [-0.15, -0.1) is 0 Å². The summed E-state index contributed by atoms with van der Waals surface area (Å²) in [6, 6.07) is 9.69. The minimum Gasteiger partial charge on any atom is -0.275 e. The van der Waals surface area contributed by atoms with Crippen molar-refractivity contribution in [3.05, 3.63) is 61.7 Å². The van der Waals surface area contributed by atoms with E-state index in [0.717, 1.165) is 28.7 Å². The summed E-state index contributed by atoms with van der Waals surface area (Å²) in [6.45, 7) is 0. The number of hydrogen-bond donors (Lipinski definition) is 1. The molecule has 0 unspecified atom stereocenters. The number of benzene rings is 1. The van der Waals surface area contributed by atoms with Crippen molar-refractivity contribution < 1.29 is 0 Å². The van der Waals surface area contributed by atoms with E-state index >= 15 is 0 Å². The zero-order valence-corrected chi connectivity index (χ0v) is 13.4. The number of hydrogen-bond acceptors (Lipinski definition) is 5. The summed E-state index contributed by atoms with van der Waals surface area (Å²) in [7, 11) is 2.81. The normalized spacial score (nSPS) is 14.3. The zero-order valence-electron chi connectivity index (χ0n) is 13.4. The van der Waals surface area contributed by atoms with Crippen LogP contribution in [0.2, 0.25) is 0 Å².